The van der Waals surface area contributed by atoms with Crippen molar-refractivity contribution >= 4 is 16.6 Å². The molecule has 1 saturated carbocycles. The van der Waals surface area contributed by atoms with Gasteiger partial charge in [-0.2, -0.15) is 0 Å². The Bertz CT molecular complexity index is 1860. The van der Waals surface area contributed by atoms with Gasteiger partial charge in [0.25, 0.3) is 0 Å². The number of piperidine rings is 1. The van der Waals surface area contributed by atoms with Gasteiger partial charge >= 0.3 is 0 Å². The van der Waals surface area contributed by atoms with E-state index >= 15 is 0 Å². The number of epoxide rings is 1. The van der Waals surface area contributed by atoms with Crippen molar-refractivity contribution in [2.45, 2.75) is 92.8 Å². The first-order valence-corrected chi connectivity index (χ1v) is 18.5. The number of H-pyrrole nitrogens is 1. The second-order valence-electron chi connectivity index (χ2n) is 16.3. The predicted octanol–water partition coefficient (Wildman–Crippen LogP) is 4.70. The second kappa shape index (κ2) is 9.88. The summed E-state index contributed by atoms with van der Waals surface area (Å²) >= 11 is 0. The smallest absolute Gasteiger partial charge is 0.182 e. The van der Waals surface area contributed by atoms with Crippen molar-refractivity contribution in [3.63, 3.8) is 0 Å². The van der Waals surface area contributed by atoms with E-state index in [-0.39, 0.29) is 28.9 Å². The number of benzene rings is 2. The Morgan fingerprint density at radius 3 is 2.75 bits per heavy atom. The Kier molecular flexibility index (Phi) is 6.17. The molecule has 1 aromatic heterocycles. The van der Waals surface area contributed by atoms with Crippen LogP contribution < -0.4 is 9.64 Å². The monoisotopic (exact) mass is 650 g/mol. The molecule has 9 unspecified atom stereocenters. The van der Waals surface area contributed by atoms with Gasteiger partial charge < -0.3 is 29.6 Å². The maximum atomic E-state index is 11.8. The van der Waals surface area contributed by atoms with E-state index < -0.39 is 17.4 Å². The number of hydrogen-bond acceptors (Lipinski definition) is 7. The molecule has 2 bridgehead atoms. The van der Waals surface area contributed by atoms with Crippen LogP contribution in [0.5, 0.6) is 5.75 Å². The van der Waals surface area contributed by atoms with Crippen LogP contribution in [0.15, 0.2) is 48.6 Å². The lowest BCUT2D eigenvalue weighted by Crippen LogP contribution is -2.65. The maximum absolute atomic E-state index is 11.8. The molecule has 2 spiro atoms. The molecule has 6 aliphatic heterocycles. The highest BCUT2D eigenvalue weighted by atomic mass is 16.6. The fraction of sp³-hybridized carbons (Fsp3) is 0.600. The summed E-state index contributed by atoms with van der Waals surface area (Å²) in [7, 11) is 4.00. The summed E-state index contributed by atoms with van der Waals surface area (Å²) in [6, 6.07) is 13.8. The van der Waals surface area contributed by atoms with E-state index in [0.717, 1.165) is 77.0 Å². The summed E-state index contributed by atoms with van der Waals surface area (Å²) in [5.41, 5.74) is 5.92. The highest BCUT2D eigenvalue weighted by molar-refractivity contribution is 5.86. The molecule has 3 aromatic rings. The quantitative estimate of drug-likeness (QED) is 0.279. The zero-order valence-corrected chi connectivity index (χ0v) is 28.8. The van der Waals surface area contributed by atoms with Gasteiger partial charge in [-0.15, -0.1) is 0 Å². The number of aliphatic hydroxyl groups excluding tert-OH is 1. The number of nitrogens with zero attached hydrogens (tertiary/aromatic N) is 3. The van der Waals surface area contributed by atoms with Crippen molar-refractivity contribution in [3.05, 3.63) is 70.9 Å². The minimum Gasteiger partial charge on any atom is -0.496 e. The molecule has 7 aliphatic rings. The first-order chi connectivity index (χ1) is 23.2. The predicted molar refractivity (Wildman–Crippen MR) is 187 cm³/mol. The van der Waals surface area contributed by atoms with Crippen LogP contribution in [0, 0.1) is 11.8 Å². The molecule has 8 heteroatoms. The normalized spacial score (nSPS) is 42.2. The summed E-state index contributed by atoms with van der Waals surface area (Å²) in [4.78, 5) is 11.5. The first kappa shape index (κ1) is 30.0. The lowest BCUT2D eigenvalue weighted by atomic mass is 9.58. The Morgan fingerprint density at radius 2 is 1.94 bits per heavy atom. The minimum atomic E-state index is -0.670. The van der Waals surface area contributed by atoms with Crippen molar-refractivity contribution in [1.29, 1.82) is 0 Å². The average molecular weight is 651 g/mol. The van der Waals surface area contributed by atoms with Gasteiger partial charge in [-0.1, -0.05) is 44.2 Å². The van der Waals surface area contributed by atoms with Crippen molar-refractivity contribution in [3.8, 4) is 5.75 Å². The van der Waals surface area contributed by atoms with Gasteiger partial charge in [0.15, 0.2) is 5.72 Å². The third-order valence-corrected chi connectivity index (χ3v) is 14.5. The van der Waals surface area contributed by atoms with Gasteiger partial charge in [-0.05, 0) is 74.2 Å². The molecule has 254 valence electrons. The van der Waals surface area contributed by atoms with E-state index in [1.54, 1.807) is 0 Å². The summed E-state index contributed by atoms with van der Waals surface area (Å²) in [5, 5.41) is 24.8. The van der Waals surface area contributed by atoms with Crippen LogP contribution in [0.25, 0.3) is 10.9 Å². The molecular weight excluding hydrogens is 600 g/mol. The van der Waals surface area contributed by atoms with Crippen LogP contribution in [0.4, 0.5) is 5.69 Å². The van der Waals surface area contributed by atoms with Crippen LogP contribution in [-0.4, -0.2) is 101 Å². The largest absolute Gasteiger partial charge is 0.496 e. The van der Waals surface area contributed by atoms with E-state index in [9.17, 15) is 10.2 Å². The van der Waals surface area contributed by atoms with Crippen LogP contribution in [0.3, 0.4) is 0 Å². The molecule has 48 heavy (non-hydrogen) atoms. The van der Waals surface area contributed by atoms with Gasteiger partial charge in [0.05, 0.1) is 24.2 Å². The average Bonchev–Trinajstić information content (AvgIpc) is 3.49. The number of aliphatic hydroxyl groups is 2. The fourth-order valence-electron chi connectivity index (χ4n) is 12.4. The number of para-hydroxylation sites is 1. The SMILES string of the molecule is CCC1(O)CC2CN(CCc3c([nH]c4ccccc34)[C@@](CC)(c3cc4c(cc3OC)N(C)C35OC3C(O)C3C=CCN6CCC45C36)C2)C1. The van der Waals surface area contributed by atoms with Crippen molar-refractivity contribution in [2.75, 3.05) is 51.8 Å². The van der Waals surface area contributed by atoms with Gasteiger partial charge in [-0.25, -0.2) is 0 Å². The van der Waals surface area contributed by atoms with Gasteiger partial charge in [0.2, 0.25) is 0 Å². The van der Waals surface area contributed by atoms with E-state index in [2.05, 4.69) is 89.1 Å². The van der Waals surface area contributed by atoms with Crippen LogP contribution in [0.1, 0.15) is 68.3 Å². The Balaban J connectivity index is 1.23. The van der Waals surface area contributed by atoms with E-state index in [0.29, 0.717) is 5.92 Å². The molecule has 4 fully saturated rings. The zero-order chi connectivity index (χ0) is 32.8. The number of rotatable bonds is 4. The maximum Gasteiger partial charge on any atom is 0.182 e. The molecule has 3 N–H and O–H groups in total. The summed E-state index contributed by atoms with van der Waals surface area (Å²) < 4.78 is 13.2. The van der Waals surface area contributed by atoms with Crippen LogP contribution in [0.2, 0.25) is 0 Å². The third-order valence-electron chi connectivity index (χ3n) is 14.5. The summed E-state index contributed by atoms with van der Waals surface area (Å²) in [5.74, 6) is 1.31. The highest BCUT2D eigenvalue weighted by Crippen LogP contribution is 2.72. The van der Waals surface area contributed by atoms with Crippen molar-refractivity contribution in [2.24, 2.45) is 11.8 Å². The van der Waals surface area contributed by atoms with Crippen molar-refractivity contribution in [1.82, 2.24) is 14.8 Å². The number of likely N-dealkylation sites (N-methyl/N-ethyl adjacent to an activating group) is 1. The second-order valence-corrected chi connectivity index (χ2v) is 16.3. The number of anilines is 1. The molecule has 7 heterocycles. The molecule has 0 radical (unpaired) electrons. The number of hydrogen-bond donors (Lipinski definition) is 3. The molecule has 1 aliphatic carbocycles. The van der Waals surface area contributed by atoms with Gasteiger partial charge in [0, 0.05) is 84.5 Å². The molecule has 8 nitrogen and oxygen atoms in total. The van der Waals surface area contributed by atoms with Crippen molar-refractivity contribution < 1.29 is 19.7 Å². The number of aromatic amines is 1. The third kappa shape index (κ3) is 3.49. The van der Waals surface area contributed by atoms with Gasteiger partial charge in [0.1, 0.15) is 11.9 Å². The summed E-state index contributed by atoms with van der Waals surface area (Å²) in [6.07, 6.45) is 9.19. The number of nitrogens with one attached hydrogen (secondary N) is 1. The number of fused-ring (bicyclic) bond motifs is 6. The minimum absolute atomic E-state index is 0.0528. The molecule has 3 saturated heterocycles. The lowest BCUT2D eigenvalue weighted by molar-refractivity contribution is -0.0584. The number of methoxy groups -OCH3 is 1. The molecule has 10 rings (SSSR count). The van der Waals surface area contributed by atoms with E-state index in [4.69, 9.17) is 9.47 Å². The molecule has 10 atom stereocenters. The van der Waals surface area contributed by atoms with E-state index in [1.807, 2.05) is 7.11 Å². The fourth-order valence-corrected chi connectivity index (χ4v) is 12.4. The van der Waals surface area contributed by atoms with Crippen LogP contribution >= 0.6 is 0 Å². The Morgan fingerprint density at radius 1 is 1.08 bits per heavy atom. The molecule has 2 aromatic carbocycles. The summed E-state index contributed by atoms with van der Waals surface area (Å²) in [6.45, 7) is 9.13. The first-order valence-electron chi connectivity index (χ1n) is 18.5. The van der Waals surface area contributed by atoms with E-state index in [1.165, 1.54) is 39.0 Å². The zero-order valence-electron chi connectivity index (χ0n) is 28.8. The Hall–Kier alpha value is -2.88. The van der Waals surface area contributed by atoms with Gasteiger partial charge in [-0.3, -0.25) is 9.80 Å². The van der Waals surface area contributed by atoms with Crippen LogP contribution in [-0.2, 0) is 22.0 Å². The molecule has 0 amide bonds. The number of ether oxygens (including phenoxy) is 2. The lowest BCUT2D eigenvalue weighted by Gasteiger charge is -2.49. The highest BCUT2D eigenvalue weighted by Gasteiger charge is 2.85. The molecular formula is C40H50N4O4. The Labute approximate surface area is 283 Å². The number of aromatic nitrogens is 1. The topological polar surface area (TPSA) is 87.7 Å². The standard InChI is InChI=1S/C40H50N4O4/c1-5-37(46)20-24-21-38(6-2,34-26(13-16-43(22-24)23-37)25-10-7-8-12-30(25)41-34)29-18-28-31(19-32(29)47-4)42(3)40-36(48-40)33(45)27-11-9-15-44-17-14-39(28,40)35(27)44/h7-12,18-19,24,27,33,35-36,41,45-46H,5-6,13-17,20-23H2,1-4H3/t24?,27?,33?,35?,36?,37?,38-,39?,40?/m1/s1.